The second-order valence-electron chi connectivity index (χ2n) is 3.58. The van der Waals surface area contributed by atoms with Gasteiger partial charge in [0.05, 0.1) is 0 Å². The summed E-state index contributed by atoms with van der Waals surface area (Å²) in [5.41, 5.74) is 7.55. The second-order valence-corrected chi connectivity index (χ2v) is 4.57. The Labute approximate surface area is 113 Å². The van der Waals surface area contributed by atoms with Gasteiger partial charge in [0.2, 0.25) is 5.91 Å². The zero-order valence-corrected chi connectivity index (χ0v) is 11.6. The highest BCUT2D eigenvalue weighted by molar-refractivity contribution is 7.98. The van der Waals surface area contributed by atoms with E-state index in [1.54, 1.807) is 11.8 Å². The van der Waals surface area contributed by atoms with Crippen LogP contribution in [-0.2, 0) is 11.2 Å². The zero-order chi connectivity index (χ0) is 11.8. The topological polar surface area (TPSA) is 55.1 Å². The summed E-state index contributed by atoms with van der Waals surface area (Å²) in [6, 6.07) is 7.74. The largest absolute Gasteiger partial charge is 0.399 e. The van der Waals surface area contributed by atoms with Crippen LogP contribution in [0.2, 0.25) is 0 Å². The van der Waals surface area contributed by atoms with Gasteiger partial charge >= 0.3 is 0 Å². The molecule has 0 fully saturated rings. The van der Waals surface area contributed by atoms with Gasteiger partial charge in [-0.1, -0.05) is 12.1 Å². The Morgan fingerprint density at radius 3 is 2.59 bits per heavy atom. The fourth-order valence-corrected chi connectivity index (χ4v) is 1.70. The van der Waals surface area contributed by atoms with Gasteiger partial charge in [-0.15, -0.1) is 12.4 Å². The van der Waals surface area contributed by atoms with E-state index < -0.39 is 0 Å². The SMILES string of the molecule is CSCCC(=O)NCCc1ccc(N)cc1.Cl. The number of hydrogen-bond acceptors (Lipinski definition) is 3. The first kappa shape index (κ1) is 16.1. The van der Waals surface area contributed by atoms with Crippen LogP contribution in [0.15, 0.2) is 24.3 Å². The molecule has 1 aromatic carbocycles. The first-order chi connectivity index (χ1) is 7.72. The Morgan fingerprint density at radius 2 is 2.00 bits per heavy atom. The second kappa shape index (κ2) is 9.19. The van der Waals surface area contributed by atoms with Crippen LogP contribution in [0, 0.1) is 0 Å². The fourth-order valence-electron chi connectivity index (χ4n) is 1.31. The molecule has 0 saturated carbocycles. The summed E-state index contributed by atoms with van der Waals surface area (Å²) >= 11 is 1.69. The summed E-state index contributed by atoms with van der Waals surface area (Å²) in [4.78, 5) is 11.3. The highest BCUT2D eigenvalue weighted by Crippen LogP contribution is 2.05. The number of hydrogen-bond donors (Lipinski definition) is 2. The molecule has 0 aromatic heterocycles. The van der Waals surface area contributed by atoms with Crippen molar-refractivity contribution in [2.45, 2.75) is 12.8 Å². The molecule has 3 N–H and O–H groups in total. The standard InChI is InChI=1S/C12H18N2OS.ClH/c1-16-9-7-12(15)14-8-6-10-2-4-11(13)5-3-10;/h2-5H,6-9,13H2,1H3,(H,14,15);1H. The van der Waals surface area contributed by atoms with E-state index in [-0.39, 0.29) is 18.3 Å². The van der Waals surface area contributed by atoms with Crippen LogP contribution in [0.1, 0.15) is 12.0 Å². The van der Waals surface area contributed by atoms with Gasteiger partial charge in [0.25, 0.3) is 0 Å². The minimum absolute atomic E-state index is 0. The molecule has 1 rings (SSSR count). The van der Waals surface area contributed by atoms with Crippen molar-refractivity contribution in [3.8, 4) is 0 Å². The first-order valence-electron chi connectivity index (χ1n) is 5.32. The van der Waals surface area contributed by atoms with Gasteiger partial charge in [0.15, 0.2) is 0 Å². The van der Waals surface area contributed by atoms with Crippen LogP contribution < -0.4 is 11.1 Å². The molecule has 0 aliphatic heterocycles. The van der Waals surface area contributed by atoms with Crippen LogP contribution in [-0.4, -0.2) is 24.5 Å². The van der Waals surface area contributed by atoms with Gasteiger partial charge in [-0.3, -0.25) is 4.79 Å². The van der Waals surface area contributed by atoms with E-state index in [1.807, 2.05) is 30.5 Å². The lowest BCUT2D eigenvalue weighted by Crippen LogP contribution is -2.25. The molecule has 0 heterocycles. The lowest BCUT2D eigenvalue weighted by molar-refractivity contribution is -0.120. The summed E-state index contributed by atoms with van der Waals surface area (Å²) in [6.07, 6.45) is 3.45. The maximum Gasteiger partial charge on any atom is 0.220 e. The van der Waals surface area contributed by atoms with E-state index in [0.717, 1.165) is 17.9 Å². The Hall–Kier alpha value is -0.870. The molecule has 5 heteroatoms. The van der Waals surface area contributed by atoms with Crippen molar-refractivity contribution in [1.82, 2.24) is 5.32 Å². The molecule has 0 aliphatic carbocycles. The number of benzene rings is 1. The normalized spacial score (nSPS) is 9.47. The number of amides is 1. The van der Waals surface area contributed by atoms with Crippen LogP contribution in [0.4, 0.5) is 5.69 Å². The smallest absolute Gasteiger partial charge is 0.220 e. The van der Waals surface area contributed by atoms with Crippen molar-refractivity contribution in [3.63, 3.8) is 0 Å². The Bertz CT molecular complexity index is 330. The molecule has 0 spiro atoms. The number of nitrogens with one attached hydrogen (secondary N) is 1. The minimum atomic E-state index is 0. The van der Waals surface area contributed by atoms with E-state index in [2.05, 4.69) is 5.32 Å². The van der Waals surface area contributed by atoms with Gasteiger partial charge in [-0.05, 0) is 30.4 Å². The number of nitrogens with two attached hydrogens (primary N) is 1. The van der Waals surface area contributed by atoms with Gasteiger partial charge in [-0.25, -0.2) is 0 Å². The Kier molecular flexibility index (Phi) is 8.72. The number of halogens is 1. The third-order valence-corrected chi connectivity index (χ3v) is 2.86. The first-order valence-corrected chi connectivity index (χ1v) is 6.72. The van der Waals surface area contributed by atoms with Gasteiger partial charge < -0.3 is 11.1 Å². The molecule has 0 unspecified atom stereocenters. The lowest BCUT2D eigenvalue weighted by Gasteiger charge is -2.05. The van der Waals surface area contributed by atoms with Gasteiger partial charge in [0.1, 0.15) is 0 Å². The summed E-state index contributed by atoms with van der Waals surface area (Å²) in [6.45, 7) is 0.692. The molecular weight excluding hydrogens is 256 g/mol. The van der Waals surface area contributed by atoms with E-state index in [0.29, 0.717) is 13.0 Å². The molecule has 3 nitrogen and oxygen atoms in total. The molecule has 0 aliphatic rings. The minimum Gasteiger partial charge on any atom is -0.399 e. The fraction of sp³-hybridized carbons (Fsp3) is 0.417. The van der Waals surface area contributed by atoms with Crippen molar-refractivity contribution in [3.05, 3.63) is 29.8 Å². The number of rotatable bonds is 6. The van der Waals surface area contributed by atoms with Crippen LogP contribution in [0.5, 0.6) is 0 Å². The van der Waals surface area contributed by atoms with Gasteiger partial charge in [-0.2, -0.15) is 11.8 Å². The maximum atomic E-state index is 11.3. The monoisotopic (exact) mass is 274 g/mol. The predicted octanol–water partition coefficient (Wildman–Crippen LogP) is 2.10. The predicted molar refractivity (Wildman–Crippen MR) is 77.8 cm³/mol. The third-order valence-electron chi connectivity index (χ3n) is 2.25. The Morgan fingerprint density at radius 1 is 1.35 bits per heavy atom. The van der Waals surface area contributed by atoms with Crippen molar-refractivity contribution in [1.29, 1.82) is 0 Å². The zero-order valence-electron chi connectivity index (χ0n) is 9.94. The molecule has 1 aromatic rings. The molecule has 0 bridgehead atoms. The number of nitrogen functional groups attached to an aromatic ring is 1. The maximum absolute atomic E-state index is 11.3. The average molecular weight is 275 g/mol. The lowest BCUT2D eigenvalue weighted by atomic mass is 10.1. The summed E-state index contributed by atoms with van der Waals surface area (Å²) in [5, 5.41) is 2.90. The summed E-state index contributed by atoms with van der Waals surface area (Å²) in [7, 11) is 0. The Balaban J connectivity index is 0.00000256. The van der Waals surface area contributed by atoms with Crippen molar-refractivity contribution in [2.24, 2.45) is 0 Å². The van der Waals surface area contributed by atoms with Crippen molar-refractivity contribution in [2.75, 3.05) is 24.3 Å². The van der Waals surface area contributed by atoms with Crippen LogP contribution in [0.3, 0.4) is 0 Å². The number of thioether (sulfide) groups is 1. The molecule has 0 saturated heterocycles. The number of carbonyl (C=O) groups is 1. The molecule has 0 atom stereocenters. The quantitative estimate of drug-likeness (QED) is 0.781. The van der Waals surface area contributed by atoms with Crippen LogP contribution >= 0.6 is 24.2 Å². The molecule has 0 radical (unpaired) electrons. The van der Waals surface area contributed by atoms with Crippen molar-refractivity contribution >= 4 is 35.8 Å². The molecule has 17 heavy (non-hydrogen) atoms. The number of anilines is 1. The van der Waals surface area contributed by atoms with E-state index >= 15 is 0 Å². The molecule has 1 amide bonds. The van der Waals surface area contributed by atoms with Crippen molar-refractivity contribution < 1.29 is 4.79 Å². The van der Waals surface area contributed by atoms with Crippen LogP contribution in [0.25, 0.3) is 0 Å². The van der Waals surface area contributed by atoms with E-state index in [1.165, 1.54) is 5.56 Å². The average Bonchev–Trinajstić information content (AvgIpc) is 2.29. The summed E-state index contributed by atoms with van der Waals surface area (Å²) < 4.78 is 0. The highest BCUT2D eigenvalue weighted by Gasteiger charge is 1.99. The summed E-state index contributed by atoms with van der Waals surface area (Å²) in [5.74, 6) is 1.01. The molecule has 96 valence electrons. The highest BCUT2D eigenvalue weighted by atomic mass is 35.5. The third kappa shape index (κ3) is 7.13. The van der Waals surface area contributed by atoms with E-state index in [9.17, 15) is 4.79 Å². The van der Waals surface area contributed by atoms with Gasteiger partial charge in [0, 0.05) is 24.4 Å². The number of carbonyl (C=O) groups excluding carboxylic acids is 1. The molecular formula is C12H19ClN2OS. The van der Waals surface area contributed by atoms with E-state index in [4.69, 9.17) is 5.73 Å².